The van der Waals surface area contributed by atoms with Gasteiger partial charge < -0.3 is 15.4 Å². The molecule has 0 aliphatic heterocycles. The summed E-state index contributed by atoms with van der Waals surface area (Å²) < 4.78 is 4.88. The van der Waals surface area contributed by atoms with Crippen LogP contribution in [0.15, 0.2) is 6.20 Å². The molecular weight excluding hydrogens is 256 g/mol. The SMILES string of the molecule is COc1ncc(Cl)c(NCC(=O)NCC2CC2)n1. The highest BCUT2D eigenvalue weighted by molar-refractivity contribution is 6.32. The fourth-order valence-corrected chi connectivity index (χ4v) is 1.54. The zero-order valence-corrected chi connectivity index (χ0v) is 10.8. The molecule has 0 radical (unpaired) electrons. The molecule has 1 aromatic rings. The Morgan fingerprint density at radius 3 is 3.06 bits per heavy atom. The van der Waals surface area contributed by atoms with Gasteiger partial charge in [-0.1, -0.05) is 11.6 Å². The molecule has 2 N–H and O–H groups in total. The van der Waals surface area contributed by atoms with Gasteiger partial charge in [0.25, 0.3) is 0 Å². The van der Waals surface area contributed by atoms with E-state index in [1.54, 1.807) is 0 Å². The molecule has 7 heteroatoms. The van der Waals surface area contributed by atoms with Gasteiger partial charge in [-0.2, -0.15) is 4.98 Å². The minimum absolute atomic E-state index is 0.0736. The lowest BCUT2D eigenvalue weighted by Crippen LogP contribution is -2.31. The summed E-state index contributed by atoms with van der Waals surface area (Å²) in [6, 6.07) is 0.209. The van der Waals surface area contributed by atoms with E-state index in [0.717, 1.165) is 6.54 Å². The van der Waals surface area contributed by atoms with Crippen LogP contribution in [0.4, 0.5) is 5.82 Å². The van der Waals surface area contributed by atoms with E-state index < -0.39 is 0 Å². The van der Waals surface area contributed by atoms with E-state index in [9.17, 15) is 4.79 Å². The fourth-order valence-electron chi connectivity index (χ4n) is 1.38. The molecule has 0 saturated heterocycles. The number of hydrogen-bond donors (Lipinski definition) is 2. The molecule has 18 heavy (non-hydrogen) atoms. The topological polar surface area (TPSA) is 76.1 Å². The van der Waals surface area contributed by atoms with Crippen LogP contribution in [0.5, 0.6) is 6.01 Å². The standard InChI is InChI=1S/C11H15ClN4O2/c1-18-11-15-5-8(12)10(16-11)14-6-9(17)13-4-7-2-3-7/h5,7H,2-4,6H2,1H3,(H,13,17)(H,14,15,16). The average molecular weight is 271 g/mol. The van der Waals surface area contributed by atoms with E-state index in [-0.39, 0.29) is 18.5 Å². The molecule has 1 heterocycles. The molecule has 0 unspecified atom stereocenters. The third-order valence-corrected chi connectivity index (χ3v) is 2.88. The molecule has 1 fully saturated rings. The Morgan fingerprint density at radius 1 is 1.61 bits per heavy atom. The van der Waals surface area contributed by atoms with E-state index in [1.165, 1.54) is 26.1 Å². The minimum Gasteiger partial charge on any atom is -0.467 e. The van der Waals surface area contributed by atoms with Crippen molar-refractivity contribution in [2.45, 2.75) is 12.8 Å². The second-order valence-corrected chi connectivity index (χ2v) is 4.56. The number of ether oxygens (including phenoxy) is 1. The quantitative estimate of drug-likeness (QED) is 0.809. The molecule has 0 spiro atoms. The van der Waals surface area contributed by atoms with Crippen LogP contribution in [0.25, 0.3) is 0 Å². The Hall–Kier alpha value is -1.56. The summed E-state index contributed by atoms with van der Waals surface area (Å²) in [4.78, 5) is 19.4. The van der Waals surface area contributed by atoms with Crippen molar-refractivity contribution < 1.29 is 9.53 Å². The van der Waals surface area contributed by atoms with Gasteiger partial charge in [-0.05, 0) is 18.8 Å². The van der Waals surface area contributed by atoms with Crippen LogP contribution >= 0.6 is 11.6 Å². The summed E-state index contributed by atoms with van der Waals surface area (Å²) in [5.41, 5.74) is 0. The minimum atomic E-state index is -0.0736. The van der Waals surface area contributed by atoms with Crippen LogP contribution in [0.2, 0.25) is 5.02 Å². The normalized spacial score (nSPS) is 14.1. The van der Waals surface area contributed by atoms with Crippen LogP contribution < -0.4 is 15.4 Å². The van der Waals surface area contributed by atoms with Crippen molar-refractivity contribution in [1.29, 1.82) is 0 Å². The van der Waals surface area contributed by atoms with E-state index in [0.29, 0.717) is 16.8 Å². The predicted octanol–water partition coefficient (Wildman–Crippen LogP) is 1.08. The van der Waals surface area contributed by atoms with Gasteiger partial charge in [0.15, 0.2) is 5.82 Å². The summed E-state index contributed by atoms with van der Waals surface area (Å²) in [7, 11) is 1.47. The molecule has 0 aromatic carbocycles. The Balaban J connectivity index is 1.82. The lowest BCUT2D eigenvalue weighted by atomic mass is 10.4. The van der Waals surface area contributed by atoms with Gasteiger partial charge in [-0.3, -0.25) is 4.79 Å². The first kappa shape index (κ1) is 12.9. The highest BCUT2D eigenvalue weighted by atomic mass is 35.5. The first-order valence-corrected chi connectivity index (χ1v) is 6.14. The molecule has 1 aliphatic carbocycles. The largest absolute Gasteiger partial charge is 0.467 e. The number of anilines is 1. The van der Waals surface area contributed by atoms with Crippen LogP contribution in [-0.4, -0.2) is 36.1 Å². The second kappa shape index (κ2) is 5.86. The monoisotopic (exact) mass is 270 g/mol. The lowest BCUT2D eigenvalue weighted by molar-refractivity contribution is -0.119. The van der Waals surface area contributed by atoms with Crippen molar-refractivity contribution in [3.05, 3.63) is 11.2 Å². The summed E-state index contributed by atoms with van der Waals surface area (Å²) in [5.74, 6) is 0.984. The molecule has 0 atom stereocenters. The van der Waals surface area contributed by atoms with Crippen molar-refractivity contribution in [3.8, 4) is 6.01 Å². The Labute approximate surface area is 110 Å². The van der Waals surface area contributed by atoms with Gasteiger partial charge in [-0.15, -0.1) is 0 Å². The van der Waals surface area contributed by atoms with E-state index >= 15 is 0 Å². The molecule has 0 bridgehead atoms. The zero-order valence-electron chi connectivity index (χ0n) is 10.1. The van der Waals surface area contributed by atoms with Crippen LogP contribution in [0.1, 0.15) is 12.8 Å². The van der Waals surface area contributed by atoms with E-state index in [4.69, 9.17) is 16.3 Å². The predicted molar refractivity (Wildman–Crippen MR) is 67.8 cm³/mol. The number of carbonyl (C=O) groups is 1. The van der Waals surface area contributed by atoms with Gasteiger partial charge in [0.05, 0.1) is 19.9 Å². The van der Waals surface area contributed by atoms with Gasteiger partial charge in [0.1, 0.15) is 5.02 Å². The number of methoxy groups -OCH3 is 1. The highest BCUT2D eigenvalue weighted by Crippen LogP contribution is 2.27. The second-order valence-electron chi connectivity index (χ2n) is 4.15. The smallest absolute Gasteiger partial charge is 0.318 e. The number of halogens is 1. The number of rotatable bonds is 6. The number of hydrogen-bond acceptors (Lipinski definition) is 5. The molecule has 98 valence electrons. The molecule has 1 aromatic heterocycles. The number of aromatic nitrogens is 2. The number of nitrogens with one attached hydrogen (secondary N) is 2. The Morgan fingerprint density at radius 2 is 2.39 bits per heavy atom. The summed E-state index contributed by atoms with van der Waals surface area (Å²) in [6.07, 6.45) is 3.85. The highest BCUT2D eigenvalue weighted by Gasteiger charge is 2.21. The van der Waals surface area contributed by atoms with Crippen molar-refractivity contribution in [2.24, 2.45) is 5.92 Å². The zero-order chi connectivity index (χ0) is 13.0. The molecule has 6 nitrogen and oxygen atoms in total. The summed E-state index contributed by atoms with van der Waals surface area (Å²) in [5, 5.41) is 6.05. The van der Waals surface area contributed by atoms with Crippen LogP contribution in [0, 0.1) is 5.92 Å². The fraction of sp³-hybridized carbons (Fsp3) is 0.545. The maximum absolute atomic E-state index is 11.5. The maximum atomic E-state index is 11.5. The average Bonchev–Trinajstić information content (AvgIpc) is 3.19. The van der Waals surface area contributed by atoms with Gasteiger partial charge in [-0.25, -0.2) is 4.98 Å². The number of nitrogens with zero attached hydrogens (tertiary/aromatic N) is 2. The number of carbonyl (C=O) groups excluding carboxylic acids is 1. The molecular formula is C11H15ClN4O2. The van der Waals surface area contributed by atoms with E-state index in [2.05, 4.69) is 20.6 Å². The van der Waals surface area contributed by atoms with Gasteiger partial charge in [0, 0.05) is 6.54 Å². The van der Waals surface area contributed by atoms with Gasteiger partial charge in [0.2, 0.25) is 5.91 Å². The molecule has 1 saturated carbocycles. The third kappa shape index (κ3) is 3.73. The molecule has 2 rings (SSSR count). The lowest BCUT2D eigenvalue weighted by Gasteiger charge is -2.08. The maximum Gasteiger partial charge on any atom is 0.318 e. The van der Waals surface area contributed by atoms with Crippen molar-refractivity contribution in [3.63, 3.8) is 0 Å². The summed E-state index contributed by atoms with van der Waals surface area (Å²) >= 11 is 5.90. The van der Waals surface area contributed by atoms with Crippen LogP contribution in [-0.2, 0) is 4.79 Å². The first-order chi connectivity index (χ1) is 8.69. The Kier molecular flexibility index (Phi) is 4.19. The molecule has 1 amide bonds. The van der Waals surface area contributed by atoms with Gasteiger partial charge >= 0.3 is 6.01 Å². The number of amides is 1. The van der Waals surface area contributed by atoms with Crippen molar-refractivity contribution in [1.82, 2.24) is 15.3 Å². The van der Waals surface area contributed by atoms with Crippen LogP contribution in [0.3, 0.4) is 0 Å². The van der Waals surface area contributed by atoms with E-state index in [1.807, 2.05) is 0 Å². The third-order valence-electron chi connectivity index (χ3n) is 2.61. The van der Waals surface area contributed by atoms with Crippen molar-refractivity contribution >= 4 is 23.3 Å². The molecule has 1 aliphatic rings. The Bertz CT molecular complexity index is 437. The first-order valence-electron chi connectivity index (χ1n) is 5.76. The summed E-state index contributed by atoms with van der Waals surface area (Å²) in [6.45, 7) is 0.883. The van der Waals surface area contributed by atoms with Crippen molar-refractivity contribution in [2.75, 3.05) is 25.5 Å².